The molecule has 1 aromatic carbocycles. The molecule has 1 unspecified atom stereocenters. The average molecular weight is 649 g/mol. The summed E-state index contributed by atoms with van der Waals surface area (Å²) in [6.07, 6.45) is 6.22. The molecule has 4 rings (SSSR count). The van der Waals surface area contributed by atoms with Gasteiger partial charge in [0.1, 0.15) is 11.0 Å². The monoisotopic (exact) mass is 648 g/mol. The van der Waals surface area contributed by atoms with Crippen molar-refractivity contribution in [2.45, 2.75) is 115 Å². The summed E-state index contributed by atoms with van der Waals surface area (Å²) < 4.78 is 54.5. The van der Waals surface area contributed by atoms with E-state index in [9.17, 15) is 12.6 Å². The summed E-state index contributed by atoms with van der Waals surface area (Å²) in [6, 6.07) is 7.88. The number of hydrogen-bond acceptors (Lipinski definition) is 5. The fourth-order valence-corrected chi connectivity index (χ4v) is 9.94. The van der Waals surface area contributed by atoms with Crippen LogP contribution >= 0.6 is 0 Å². The molecule has 8 nitrogen and oxygen atoms in total. The molecule has 1 aliphatic heterocycles. The minimum atomic E-state index is -3.73. The summed E-state index contributed by atoms with van der Waals surface area (Å²) in [5.74, 6) is 0.579. The van der Waals surface area contributed by atoms with E-state index < -0.39 is 32.0 Å². The van der Waals surface area contributed by atoms with E-state index in [1.165, 1.54) is 32.1 Å². The molecule has 1 N–H and O–H groups in total. The molecule has 0 bridgehead atoms. The number of hydrogen-bond donors (Lipinski definition) is 1. The van der Waals surface area contributed by atoms with Gasteiger partial charge in [0, 0.05) is 56.2 Å². The standard InChI is InChI=1S/C34H56N4O4S2/c1-9-38(34(6,7)8)44(40,41)32-16-15-28(23-29(32)33(3,4)5)30-24-31(26(2)37(30)25-27-13-11-10-12-14-27)43(39)35-17-18-36-19-21-42-22-20-36/h15-16,23-24,27,35H,9-14,17-22,25H2,1-8H3. The average Bonchev–Trinajstić information content (AvgIpc) is 3.28. The molecule has 10 heteroatoms. The van der Waals surface area contributed by atoms with E-state index in [4.69, 9.17) is 4.74 Å². The molecular weight excluding hydrogens is 593 g/mol. The number of sulfonamides is 1. The third-order valence-corrected chi connectivity index (χ3v) is 12.7. The fraction of sp³-hybridized carbons (Fsp3) is 0.706. The Morgan fingerprint density at radius 1 is 1.02 bits per heavy atom. The summed E-state index contributed by atoms with van der Waals surface area (Å²) >= 11 is 0. The predicted octanol–water partition coefficient (Wildman–Crippen LogP) is 6.09. The van der Waals surface area contributed by atoms with Crippen molar-refractivity contribution in [1.29, 1.82) is 0 Å². The highest BCUT2D eigenvalue weighted by atomic mass is 32.2. The van der Waals surface area contributed by atoms with E-state index >= 15 is 0 Å². The fourth-order valence-electron chi connectivity index (χ4n) is 6.73. The second-order valence-electron chi connectivity index (χ2n) is 14.5. The topological polar surface area (TPSA) is 83.9 Å². The first kappa shape index (κ1) is 35.3. The Morgan fingerprint density at radius 2 is 1.68 bits per heavy atom. The molecule has 2 aliphatic rings. The lowest BCUT2D eigenvalue weighted by Crippen LogP contribution is -2.45. The molecule has 0 spiro atoms. The van der Waals surface area contributed by atoms with Gasteiger partial charge in [-0.05, 0) is 81.2 Å². The van der Waals surface area contributed by atoms with E-state index in [-0.39, 0.29) is 0 Å². The van der Waals surface area contributed by atoms with Crippen LogP contribution in [-0.2, 0) is 37.7 Å². The molecule has 1 atom stereocenters. The molecule has 1 saturated carbocycles. The van der Waals surface area contributed by atoms with Gasteiger partial charge < -0.3 is 9.30 Å². The maximum atomic E-state index is 14.1. The summed E-state index contributed by atoms with van der Waals surface area (Å²) in [6.45, 7) is 22.1. The Labute approximate surface area is 269 Å². The maximum Gasteiger partial charge on any atom is 0.243 e. The van der Waals surface area contributed by atoms with Crippen LogP contribution in [0.25, 0.3) is 11.3 Å². The Balaban J connectivity index is 1.74. The van der Waals surface area contributed by atoms with Gasteiger partial charge in [-0.3, -0.25) is 4.90 Å². The van der Waals surface area contributed by atoms with E-state index in [2.05, 4.69) is 54.0 Å². The van der Waals surface area contributed by atoms with Crippen molar-refractivity contribution in [3.05, 3.63) is 35.5 Å². The Hall–Kier alpha value is -1.56. The van der Waals surface area contributed by atoms with Crippen molar-refractivity contribution in [2.24, 2.45) is 5.92 Å². The van der Waals surface area contributed by atoms with Gasteiger partial charge in [0.05, 0.1) is 23.0 Å². The largest absolute Gasteiger partial charge is 0.379 e. The van der Waals surface area contributed by atoms with Gasteiger partial charge in [0.2, 0.25) is 10.0 Å². The highest BCUT2D eigenvalue weighted by molar-refractivity contribution is 7.89. The second-order valence-corrected chi connectivity index (χ2v) is 17.6. The molecule has 2 aromatic rings. The van der Waals surface area contributed by atoms with Crippen LogP contribution in [0.15, 0.2) is 34.1 Å². The van der Waals surface area contributed by atoms with Crippen LogP contribution in [0.1, 0.15) is 91.8 Å². The lowest BCUT2D eigenvalue weighted by atomic mass is 9.85. The zero-order chi connectivity index (χ0) is 32.3. The first-order valence-electron chi connectivity index (χ1n) is 16.5. The van der Waals surface area contributed by atoms with Gasteiger partial charge in [-0.15, -0.1) is 0 Å². The molecule has 1 aliphatic carbocycles. The van der Waals surface area contributed by atoms with Crippen molar-refractivity contribution in [1.82, 2.24) is 18.5 Å². The lowest BCUT2D eigenvalue weighted by Gasteiger charge is -2.35. The molecule has 0 amide bonds. The zero-order valence-electron chi connectivity index (χ0n) is 28.4. The third-order valence-electron chi connectivity index (χ3n) is 9.14. The van der Waals surface area contributed by atoms with Gasteiger partial charge in [0.15, 0.2) is 0 Å². The van der Waals surface area contributed by atoms with Crippen LogP contribution in [0.2, 0.25) is 0 Å². The summed E-state index contributed by atoms with van der Waals surface area (Å²) in [4.78, 5) is 3.50. The van der Waals surface area contributed by atoms with Crippen LogP contribution < -0.4 is 4.72 Å². The molecule has 2 fully saturated rings. The predicted molar refractivity (Wildman–Crippen MR) is 181 cm³/mol. The molecule has 44 heavy (non-hydrogen) atoms. The van der Waals surface area contributed by atoms with E-state index in [0.717, 1.165) is 66.8 Å². The number of ether oxygens (including phenoxy) is 1. The Morgan fingerprint density at radius 3 is 2.27 bits per heavy atom. The highest BCUT2D eigenvalue weighted by Crippen LogP contribution is 2.38. The Kier molecular flexibility index (Phi) is 11.6. The van der Waals surface area contributed by atoms with E-state index in [1.807, 2.05) is 33.8 Å². The second kappa shape index (κ2) is 14.5. The van der Waals surface area contributed by atoms with Gasteiger partial charge in [-0.1, -0.05) is 53.0 Å². The van der Waals surface area contributed by atoms with Crippen molar-refractivity contribution in [3.8, 4) is 11.3 Å². The number of aromatic nitrogens is 1. The molecule has 2 heterocycles. The minimum Gasteiger partial charge on any atom is -0.379 e. The zero-order valence-corrected chi connectivity index (χ0v) is 30.0. The van der Waals surface area contributed by atoms with Crippen LogP contribution in [-0.4, -0.2) is 77.9 Å². The van der Waals surface area contributed by atoms with Gasteiger partial charge in [-0.2, -0.15) is 4.31 Å². The van der Waals surface area contributed by atoms with Crippen LogP contribution in [0.5, 0.6) is 0 Å². The summed E-state index contributed by atoms with van der Waals surface area (Å²) in [5.41, 5.74) is 2.83. The van der Waals surface area contributed by atoms with E-state index in [0.29, 0.717) is 23.9 Å². The summed E-state index contributed by atoms with van der Waals surface area (Å²) in [7, 11) is -5.09. The third kappa shape index (κ3) is 8.23. The normalized spacial score (nSPS) is 18.7. The van der Waals surface area contributed by atoms with Crippen molar-refractivity contribution in [3.63, 3.8) is 0 Å². The number of rotatable bonds is 11. The smallest absolute Gasteiger partial charge is 0.243 e. The quantitative estimate of drug-likeness (QED) is 0.319. The van der Waals surface area contributed by atoms with Crippen molar-refractivity contribution >= 4 is 21.0 Å². The van der Waals surface area contributed by atoms with Crippen LogP contribution in [0.3, 0.4) is 0 Å². The van der Waals surface area contributed by atoms with E-state index in [1.54, 1.807) is 10.4 Å². The molecule has 0 radical (unpaired) electrons. The number of nitrogens with zero attached hydrogens (tertiary/aromatic N) is 3. The molecule has 248 valence electrons. The van der Waals surface area contributed by atoms with Gasteiger partial charge in [-0.25, -0.2) is 17.3 Å². The highest BCUT2D eigenvalue weighted by Gasteiger charge is 2.36. The van der Waals surface area contributed by atoms with Crippen molar-refractivity contribution < 1.29 is 17.4 Å². The maximum absolute atomic E-state index is 14.1. The molecular formula is C34H56N4O4S2. The lowest BCUT2D eigenvalue weighted by molar-refractivity contribution is 0.0390. The summed E-state index contributed by atoms with van der Waals surface area (Å²) in [5, 5.41) is 0. The van der Waals surface area contributed by atoms with Gasteiger partial charge >= 0.3 is 0 Å². The molecule has 1 aromatic heterocycles. The first-order chi connectivity index (χ1) is 20.6. The number of benzene rings is 1. The first-order valence-corrected chi connectivity index (χ1v) is 19.1. The van der Waals surface area contributed by atoms with Crippen LogP contribution in [0, 0.1) is 12.8 Å². The van der Waals surface area contributed by atoms with Crippen LogP contribution in [0.4, 0.5) is 0 Å². The minimum absolute atomic E-state index is 0.362. The Bertz CT molecular complexity index is 1390. The SMILES string of the molecule is CCN(C(C)(C)C)S(=O)(=O)c1ccc(-c2cc(S(=O)NCCN3CCOCC3)c(C)n2CC2CCCCC2)cc1C(C)(C)C. The molecule has 1 saturated heterocycles. The van der Waals surface area contributed by atoms with Gasteiger partial charge in [0.25, 0.3) is 0 Å². The number of morpholine rings is 1. The number of nitrogens with one attached hydrogen (secondary N) is 1. The van der Waals surface area contributed by atoms with Crippen molar-refractivity contribution in [2.75, 3.05) is 45.9 Å².